The second-order valence-corrected chi connectivity index (χ2v) is 7.35. The monoisotopic (exact) mass is 388 g/mol. The lowest BCUT2D eigenvalue weighted by molar-refractivity contribution is 0.245. The fraction of sp³-hybridized carbons (Fsp3) is 0.227. The maximum atomic E-state index is 13.4. The number of rotatable bonds is 5. The summed E-state index contributed by atoms with van der Waals surface area (Å²) >= 11 is 0. The fourth-order valence-corrected chi connectivity index (χ4v) is 4.01. The number of aromatic nitrogens is 4. The molecule has 0 saturated carbocycles. The first kappa shape index (κ1) is 17.8. The first-order chi connectivity index (χ1) is 14.3. The average Bonchev–Trinajstić information content (AvgIpc) is 3.35. The Labute approximate surface area is 168 Å². The highest BCUT2D eigenvalue weighted by atomic mass is 19.1. The van der Waals surface area contributed by atoms with Gasteiger partial charge >= 0.3 is 0 Å². The minimum absolute atomic E-state index is 0.245. The fourth-order valence-electron chi connectivity index (χ4n) is 4.01. The molecule has 4 aromatic rings. The second-order valence-electron chi connectivity index (χ2n) is 7.35. The smallest absolute Gasteiger partial charge is 0.125 e. The van der Waals surface area contributed by atoms with Crippen molar-refractivity contribution in [2.75, 3.05) is 11.9 Å². The lowest BCUT2D eigenvalue weighted by Gasteiger charge is -2.22. The molecule has 1 aliphatic rings. The van der Waals surface area contributed by atoms with Crippen molar-refractivity contribution in [3.8, 4) is 0 Å². The molecule has 1 saturated heterocycles. The SMILES string of the molecule is Fc1cccc(Nc2ccc3c([C@@H]4CCCN4Cc4cccnc4)nnn3c2)c1. The lowest BCUT2D eigenvalue weighted by atomic mass is 10.1. The summed E-state index contributed by atoms with van der Waals surface area (Å²) in [6, 6.07) is 14.7. The molecule has 5 rings (SSSR count). The van der Waals surface area contributed by atoms with E-state index in [-0.39, 0.29) is 11.9 Å². The zero-order valence-electron chi connectivity index (χ0n) is 15.9. The topological polar surface area (TPSA) is 58.3 Å². The molecule has 29 heavy (non-hydrogen) atoms. The third kappa shape index (κ3) is 3.69. The molecule has 1 atom stereocenters. The molecule has 0 radical (unpaired) electrons. The van der Waals surface area contributed by atoms with Crippen LogP contribution in [0.3, 0.4) is 0 Å². The Morgan fingerprint density at radius 1 is 1.10 bits per heavy atom. The minimum atomic E-state index is -0.269. The van der Waals surface area contributed by atoms with Crippen molar-refractivity contribution < 1.29 is 4.39 Å². The van der Waals surface area contributed by atoms with E-state index in [0.29, 0.717) is 5.69 Å². The Kier molecular flexibility index (Phi) is 4.65. The molecule has 0 unspecified atom stereocenters. The Morgan fingerprint density at radius 3 is 2.93 bits per heavy atom. The molecule has 0 aliphatic carbocycles. The van der Waals surface area contributed by atoms with Crippen molar-refractivity contribution >= 4 is 16.9 Å². The predicted octanol–water partition coefficient (Wildman–Crippen LogP) is 4.34. The van der Waals surface area contributed by atoms with Crippen molar-refractivity contribution in [2.45, 2.75) is 25.4 Å². The average molecular weight is 388 g/mol. The molecule has 7 heteroatoms. The number of pyridine rings is 2. The van der Waals surface area contributed by atoms with Gasteiger partial charge in [0.15, 0.2) is 0 Å². The van der Waals surface area contributed by atoms with E-state index in [1.54, 1.807) is 16.8 Å². The van der Waals surface area contributed by atoms with Crippen molar-refractivity contribution in [3.63, 3.8) is 0 Å². The predicted molar refractivity (Wildman–Crippen MR) is 109 cm³/mol. The van der Waals surface area contributed by atoms with Gasteiger partial charge in [-0.2, -0.15) is 0 Å². The number of fused-ring (bicyclic) bond motifs is 1. The summed E-state index contributed by atoms with van der Waals surface area (Å²) in [5, 5.41) is 12.0. The Balaban J connectivity index is 1.39. The minimum Gasteiger partial charge on any atom is -0.354 e. The first-order valence-electron chi connectivity index (χ1n) is 9.77. The summed E-state index contributed by atoms with van der Waals surface area (Å²) in [7, 11) is 0. The standard InChI is InChI=1S/C22H21FN6/c23-17-5-1-6-18(12-17)25-19-8-9-21-22(26-27-29(21)15-19)20-7-3-11-28(20)14-16-4-2-10-24-13-16/h1-2,4-6,8-10,12-13,15,20,25H,3,7,11,14H2/t20-/m0/s1. The highest BCUT2D eigenvalue weighted by molar-refractivity contribution is 5.63. The number of hydrogen-bond acceptors (Lipinski definition) is 5. The van der Waals surface area contributed by atoms with Crippen molar-refractivity contribution in [1.29, 1.82) is 0 Å². The van der Waals surface area contributed by atoms with Crippen LogP contribution < -0.4 is 5.32 Å². The van der Waals surface area contributed by atoms with Crippen LogP contribution in [0.4, 0.5) is 15.8 Å². The molecule has 1 aromatic carbocycles. The van der Waals surface area contributed by atoms with Gasteiger partial charge < -0.3 is 5.32 Å². The van der Waals surface area contributed by atoms with Crippen LogP contribution in [-0.2, 0) is 6.54 Å². The van der Waals surface area contributed by atoms with Gasteiger partial charge in [-0.3, -0.25) is 9.88 Å². The number of nitrogens with one attached hydrogen (secondary N) is 1. The van der Waals surface area contributed by atoms with Crippen LogP contribution in [0.15, 0.2) is 67.1 Å². The van der Waals surface area contributed by atoms with Crippen LogP contribution in [0.25, 0.3) is 5.52 Å². The van der Waals surface area contributed by atoms with E-state index < -0.39 is 0 Å². The molecule has 4 heterocycles. The van der Waals surface area contributed by atoms with E-state index in [1.807, 2.05) is 36.7 Å². The maximum absolute atomic E-state index is 13.4. The van der Waals surface area contributed by atoms with Crippen LogP contribution in [0.5, 0.6) is 0 Å². The maximum Gasteiger partial charge on any atom is 0.125 e. The Morgan fingerprint density at radius 2 is 2.07 bits per heavy atom. The van der Waals surface area contributed by atoms with E-state index in [9.17, 15) is 4.39 Å². The van der Waals surface area contributed by atoms with Crippen LogP contribution in [0.1, 0.15) is 30.1 Å². The lowest BCUT2D eigenvalue weighted by Crippen LogP contribution is -2.23. The van der Waals surface area contributed by atoms with E-state index in [2.05, 4.69) is 31.6 Å². The van der Waals surface area contributed by atoms with Gasteiger partial charge in [0.25, 0.3) is 0 Å². The number of likely N-dealkylation sites (tertiary alicyclic amines) is 1. The molecule has 0 amide bonds. The van der Waals surface area contributed by atoms with Gasteiger partial charge in [-0.15, -0.1) is 5.10 Å². The number of benzene rings is 1. The number of halogens is 1. The summed E-state index contributed by atoms with van der Waals surface area (Å²) in [4.78, 5) is 6.67. The number of anilines is 2. The zero-order chi connectivity index (χ0) is 19.6. The van der Waals surface area contributed by atoms with Crippen molar-refractivity contribution in [1.82, 2.24) is 24.7 Å². The van der Waals surface area contributed by atoms with Crippen LogP contribution >= 0.6 is 0 Å². The molecule has 1 fully saturated rings. The molecule has 0 spiro atoms. The molecule has 1 aliphatic heterocycles. The third-order valence-corrected chi connectivity index (χ3v) is 5.34. The second kappa shape index (κ2) is 7.60. The summed E-state index contributed by atoms with van der Waals surface area (Å²) in [5.74, 6) is -0.269. The highest BCUT2D eigenvalue weighted by Crippen LogP contribution is 2.34. The van der Waals surface area contributed by atoms with Gasteiger partial charge in [0, 0.05) is 24.6 Å². The summed E-state index contributed by atoms with van der Waals surface area (Å²) in [6.45, 7) is 1.90. The van der Waals surface area contributed by atoms with Crippen molar-refractivity contribution in [2.24, 2.45) is 0 Å². The number of nitrogens with zero attached hydrogens (tertiary/aromatic N) is 5. The summed E-state index contributed by atoms with van der Waals surface area (Å²) < 4.78 is 15.2. The van der Waals surface area contributed by atoms with Gasteiger partial charge in [0.05, 0.1) is 23.4 Å². The van der Waals surface area contributed by atoms with Gasteiger partial charge in [0.1, 0.15) is 11.5 Å². The van der Waals surface area contributed by atoms with E-state index in [1.165, 1.54) is 17.7 Å². The molecule has 1 N–H and O–H groups in total. The normalized spacial score (nSPS) is 17.1. The molecule has 3 aromatic heterocycles. The molecule has 0 bridgehead atoms. The van der Waals surface area contributed by atoms with Gasteiger partial charge in [-0.1, -0.05) is 17.3 Å². The van der Waals surface area contributed by atoms with E-state index >= 15 is 0 Å². The zero-order valence-corrected chi connectivity index (χ0v) is 15.9. The van der Waals surface area contributed by atoms with E-state index in [0.717, 1.165) is 42.8 Å². The van der Waals surface area contributed by atoms with Gasteiger partial charge in [-0.05, 0) is 61.3 Å². The third-order valence-electron chi connectivity index (χ3n) is 5.34. The quantitative estimate of drug-likeness (QED) is 0.551. The molecule has 6 nitrogen and oxygen atoms in total. The summed E-state index contributed by atoms with van der Waals surface area (Å²) in [5.41, 5.74) is 4.74. The first-order valence-corrected chi connectivity index (χ1v) is 9.77. The van der Waals surface area contributed by atoms with Gasteiger partial charge in [0.2, 0.25) is 0 Å². The van der Waals surface area contributed by atoms with Crippen LogP contribution in [-0.4, -0.2) is 31.3 Å². The van der Waals surface area contributed by atoms with Crippen molar-refractivity contribution in [3.05, 3.63) is 84.2 Å². The van der Waals surface area contributed by atoms with Gasteiger partial charge in [-0.25, -0.2) is 8.91 Å². The van der Waals surface area contributed by atoms with Crippen LogP contribution in [0, 0.1) is 5.82 Å². The summed E-state index contributed by atoms with van der Waals surface area (Å²) in [6.07, 6.45) is 7.81. The Hall–Kier alpha value is -3.32. The highest BCUT2D eigenvalue weighted by Gasteiger charge is 2.29. The number of hydrogen-bond donors (Lipinski definition) is 1. The van der Waals surface area contributed by atoms with E-state index in [4.69, 9.17) is 0 Å². The molecular weight excluding hydrogens is 367 g/mol. The Bertz CT molecular complexity index is 1130. The van der Waals surface area contributed by atoms with Crippen LogP contribution in [0.2, 0.25) is 0 Å². The molecular formula is C22H21FN6. The molecule has 146 valence electrons. The largest absolute Gasteiger partial charge is 0.354 e.